The largest absolute Gasteiger partial charge is 1.00 e. The molecule has 2 aromatic carbocycles. The number of carbonyl (C=O) groups is 4. The molecule has 0 fully saturated rings. The summed E-state index contributed by atoms with van der Waals surface area (Å²) in [4.78, 5) is 44.3. The maximum atomic E-state index is 11.3. The van der Waals surface area contributed by atoms with Crippen molar-refractivity contribution in [2.75, 3.05) is 0 Å². The number of carboxylic acid groups (broad SMARTS) is 4. The van der Waals surface area contributed by atoms with E-state index in [0.717, 1.165) is 24.3 Å². The fraction of sp³-hybridized carbons (Fsp3) is 0. The zero-order chi connectivity index (χ0) is 18.0. The molecule has 0 aliphatic carbocycles. The molecule has 0 saturated carbocycles. The van der Waals surface area contributed by atoms with Gasteiger partial charge < -0.3 is 39.6 Å². The summed E-state index contributed by atoms with van der Waals surface area (Å²) in [5.41, 5.74) is -3.01. The van der Waals surface area contributed by atoms with Crippen LogP contribution in [0.1, 0.15) is 41.4 Å². The molecule has 28 heavy (non-hydrogen) atoms. The molecule has 0 spiro atoms. The molecule has 0 aliphatic heterocycles. The molecule has 2 rings (SSSR count). The van der Waals surface area contributed by atoms with Gasteiger partial charge in [-0.1, -0.05) is 30.3 Å². The summed E-state index contributed by atoms with van der Waals surface area (Å²) in [6.07, 6.45) is 0. The summed E-state index contributed by atoms with van der Waals surface area (Å²) in [5.74, 6) is -7.15. The molecule has 0 aromatic heterocycles. The van der Waals surface area contributed by atoms with Crippen molar-refractivity contribution in [3.8, 4) is 11.1 Å². The molecule has 122 valence electrons. The van der Waals surface area contributed by atoms with E-state index in [1.807, 2.05) is 0 Å². The SMILES string of the molecule is O=C([O-])c1ccc(-c2cccc(C(=O)[O-])c2C(=O)[O-])cc1C(=O)[O-].[Na+].[Na+].[Na+].[Na+]. The average Bonchev–Trinajstić information content (AvgIpc) is 2.53. The quantitative estimate of drug-likeness (QED) is 0.433. The van der Waals surface area contributed by atoms with Crippen LogP contribution in [-0.2, 0) is 0 Å². The molecule has 0 heterocycles. The number of rotatable bonds is 5. The van der Waals surface area contributed by atoms with Crippen molar-refractivity contribution in [1.82, 2.24) is 0 Å². The van der Waals surface area contributed by atoms with E-state index in [2.05, 4.69) is 0 Å². The predicted molar refractivity (Wildman–Crippen MR) is 69.2 cm³/mol. The molecule has 0 amide bonds. The smallest absolute Gasteiger partial charge is 0.545 e. The van der Waals surface area contributed by atoms with Crippen molar-refractivity contribution < 1.29 is 158 Å². The van der Waals surface area contributed by atoms with Gasteiger partial charge in [-0.25, -0.2) is 0 Å². The van der Waals surface area contributed by atoms with Crippen LogP contribution in [0.15, 0.2) is 36.4 Å². The first-order chi connectivity index (χ1) is 11.2. The van der Waals surface area contributed by atoms with E-state index < -0.39 is 46.1 Å². The molecular weight excluding hydrogens is 412 g/mol. The molecule has 12 heteroatoms. The molecule has 0 bridgehead atoms. The molecule has 0 radical (unpaired) electrons. The van der Waals surface area contributed by atoms with Crippen LogP contribution < -0.4 is 139 Å². The van der Waals surface area contributed by atoms with Crippen molar-refractivity contribution >= 4 is 23.9 Å². The average molecular weight is 418 g/mol. The van der Waals surface area contributed by atoms with Gasteiger partial charge in [0.2, 0.25) is 0 Å². The van der Waals surface area contributed by atoms with E-state index in [4.69, 9.17) is 0 Å². The minimum absolute atomic E-state index is 0. The van der Waals surface area contributed by atoms with Crippen LogP contribution in [0.5, 0.6) is 0 Å². The Bertz CT molecular complexity index is 898. The summed E-state index contributed by atoms with van der Waals surface area (Å²) < 4.78 is 0. The summed E-state index contributed by atoms with van der Waals surface area (Å²) >= 11 is 0. The van der Waals surface area contributed by atoms with Crippen LogP contribution in [-0.4, -0.2) is 23.9 Å². The Kier molecular flexibility index (Phi) is 16.9. The Morgan fingerprint density at radius 2 is 1.07 bits per heavy atom. The first-order valence-corrected chi connectivity index (χ1v) is 6.37. The van der Waals surface area contributed by atoms with E-state index in [0.29, 0.717) is 0 Å². The molecular formula is C16H6Na4O8. The summed E-state index contributed by atoms with van der Waals surface area (Å²) in [5, 5.41) is 44.3. The standard InChI is InChI=1S/C16H10O8.4Na/c17-13(18)9-5-4-7(6-11(9)15(21)22)8-2-1-3-10(14(19)20)12(8)16(23)24;;;;/h1-6H,(H,17,18)(H,19,20)(H,21,22)(H,23,24);;;;/q;4*+1/p-4. The Hall–Kier alpha value is 0.320. The summed E-state index contributed by atoms with van der Waals surface area (Å²) in [6.45, 7) is 0. The molecule has 0 saturated heterocycles. The zero-order valence-corrected chi connectivity index (χ0v) is 23.7. The second-order valence-electron chi connectivity index (χ2n) is 4.64. The third-order valence-electron chi connectivity index (χ3n) is 3.26. The number of carboxylic acids is 4. The molecule has 0 aliphatic rings. The van der Waals surface area contributed by atoms with Crippen LogP contribution in [0.4, 0.5) is 0 Å². The maximum absolute atomic E-state index is 11.3. The minimum atomic E-state index is -1.82. The van der Waals surface area contributed by atoms with E-state index >= 15 is 0 Å². The van der Waals surface area contributed by atoms with Crippen LogP contribution in [0.3, 0.4) is 0 Å². The number of carbonyl (C=O) groups excluding carboxylic acids is 4. The van der Waals surface area contributed by atoms with Crippen LogP contribution in [0, 0.1) is 0 Å². The number of aromatic carboxylic acids is 4. The van der Waals surface area contributed by atoms with Crippen LogP contribution in [0.2, 0.25) is 0 Å². The predicted octanol–water partition coefficient (Wildman–Crippen LogP) is -15.2. The Balaban J connectivity index is -0.00000156. The van der Waals surface area contributed by atoms with Gasteiger partial charge in [-0.05, 0) is 17.2 Å². The van der Waals surface area contributed by atoms with E-state index in [1.54, 1.807) is 0 Å². The van der Waals surface area contributed by atoms with Gasteiger partial charge in [-0.2, -0.15) is 0 Å². The van der Waals surface area contributed by atoms with Gasteiger partial charge in [-0.3, -0.25) is 0 Å². The van der Waals surface area contributed by atoms with Gasteiger partial charge in [0.15, 0.2) is 0 Å². The van der Waals surface area contributed by atoms with Gasteiger partial charge >= 0.3 is 118 Å². The first-order valence-electron chi connectivity index (χ1n) is 6.37. The molecule has 0 N–H and O–H groups in total. The van der Waals surface area contributed by atoms with Crippen molar-refractivity contribution in [2.24, 2.45) is 0 Å². The van der Waals surface area contributed by atoms with Gasteiger partial charge in [0.05, 0.1) is 23.9 Å². The summed E-state index contributed by atoms with van der Waals surface area (Å²) in [6, 6.07) is 6.27. The Morgan fingerprint density at radius 3 is 1.50 bits per heavy atom. The normalized spacial score (nSPS) is 8.71. The number of hydrogen-bond acceptors (Lipinski definition) is 8. The van der Waals surface area contributed by atoms with E-state index in [1.165, 1.54) is 12.1 Å². The van der Waals surface area contributed by atoms with Gasteiger partial charge in [0, 0.05) is 22.3 Å². The second-order valence-corrected chi connectivity index (χ2v) is 4.64. The monoisotopic (exact) mass is 418 g/mol. The summed E-state index contributed by atoms with van der Waals surface area (Å²) in [7, 11) is 0. The third kappa shape index (κ3) is 7.54. The zero-order valence-electron chi connectivity index (χ0n) is 15.7. The van der Waals surface area contributed by atoms with Crippen molar-refractivity contribution in [3.05, 3.63) is 58.7 Å². The Morgan fingerprint density at radius 1 is 0.571 bits per heavy atom. The van der Waals surface area contributed by atoms with Crippen LogP contribution >= 0.6 is 0 Å². The number of hydrogen-bond donors (Lipinski definition) is 0. The fourth-order valence-electron chi connectivity index (χ4n) is 2.24. The van der Waals surface area contributed by atoms with Gasteiger partial charge in [0.1, 0.15) is 0 Å². The second kappa shape index (κ2) is 14.3. The number of benzene rings is 2. The van der Waals surface area contributed by atoms with Crippen LogP contribution in [0.25, 0.3) is 11.1 Å². The topological polar surface area (TPSA) is 161 Å². The molecule has 0 atom stereocenters. The van der Waals surface area contributed by atoms with Crippen molar-refractivity contribution in [3.63, 3.8) is 0 Å². The van der Waals surface area contributed by atoms with Gasteiger partial charge in [-0.15, -0.1) is 0 Å². The van der Waals surface area contributed by atoms with Crippen molar-refractivity contribution in [2.45, 2.75) is 0 Å². The van der Waals surface area contributed by atoms with E-state index in [9.17, 15) is 39.6 Å². The molecule has 0 unspecified atom stereocenters. The minimum Gasteiger partial charge on any atom is -0.545 e. The first kappa shape index (κ1) is 33.0. The molecule has 2 aromatic rings. The van der Waals surface area contributed by atoms with Crippen molar-refractivity contribution in [1.29, 1.82) is 0 Å². The maximum Gasteiger partial charge on any atom is 1.00 e. The third-order valence-corrected chi connectivity index (χ3v) is 3.26. The molecule has 8 nitrogen and oxygen atoms in total. The Labute approximate surface area is 247 Å². The van der Waals surface area contributed by atoms with Gasteiger partial charge in [0.25, 0.3) is 0 Å². The fourth-order valence-corrected chi connectivity index (χ4v) is 2.24. The van der Waals surface area contributed by atoms with E-state index in [-0.39, 0.29) is 129 Å².